The molecule has 0 aromatic carbocycles. The largest absolute Gasteiger partial charge is 0.459 e. The van der Waals surface area contributed by atoms with Crippen molar-refractivity contribution in [1.82, 2.24) is 24.4 Å². The molecule has 3 aromatic heterocycles. The van der Waals surface area contributed by atoms with E-state index < -0.39 is 23.1 Å². The van der Waals surface area contributed by atoms with Crippen molar-refractivity contribution in [3.63, 3.8) is 0 Å². The number of aromatic nitrogens is 4. The number of hydrogen-bond acceptors (Lipinski definition) is 7. The van der Waals surface area contributed by atoms with Crippen LogP contribution >= 0.6 is 0 Å². The van der Waals surface area contributed by atoms with E-state index in [2.05, 4.69) is 15.3 Å². The predicted molar refractivity (Wildman–Crippen MR) is 106 cm³/mol. The summed E-state index contributed by atoms with van der Waals surface area (Å²) in [6.07, 6.45) is 2.97. The first-order valence-electron chi connectivity index (χ1n) is 9.58. The highest BCUT2D eigenvalue weighted by Crippen LogP contribution is 2.11. The van der Waals surface area contributed by atoms with Crippen molar-refractivity contribution in [2.45, 2.75) is 39.3 Å². The second-order valence-electron chi connectivity index (χ2n) is 6.67. The zero-order valence-corrected chi connectivity index (χ0v) is 16.8. The summed E-state index contributed by atoms with van der Waals surface area (Å²) < 4.78 is 13.1. The monoisotopic (exact) mass is 417 g/mol. The van der Waals surface area contributed by atoms with Crippen LogP contribution < -0.4 is 16.6 Å². The lowest BCUT2D eigenvalue weighted by atomic mass is 10.3. The van der Waals surface area contributed by atoms with Gasteiger partial charge in [0.1, 0.15) is 12.4 Å². The van der Waals surface area contributed by atoms with Crippen LogP contribution in [0.4, 0.5) is 0 Å². The van der Waals surface area contributed by atoms with E-state index in [1.54, 1.807) is 13.1 Å². The number of rotatable bonds is 9. The molecule has 0 atom stereocenters. The number of carbonyl (C=O) groups is 2. The molecular formula is C19H23N5O6. The molecule has 0 aliphatic carbocycles. The number of ether oxygens (including phenoxy) is 1. The number of unbranched alkanes of at least 4 members (excludes halogenated alkanes) is 1. The molecule has 160 valence electrons. The maximum Gasteiger partial charge on any atom is 0.330 e. The lowest BCUT2D eigenvalue weighted by molar-refractivity contribution is -0.145. The third-order valence-electron chi connectivity index (χ3n) is 4.56. The number of fused-ring (bicyclic) bond motifs is 1. The van der Waals surface area contributed by atoms with Gasteiger partial charge in [-0.25, -0.2) is 9.78 Å². The third kappa shape index (κ3) is 4.50. The number of esters is 1. The molecular weight excluding hydrogens is 394 g/mol. The van der Waals surface area contributed by atoms with Gasteiger partial charge in [-0.1, -0.05) is 13.3 Å². The number of nitrogens with zero attached hydrogens (tertiary/aromatic N) is 3. The van der Waals surface area contributed by atoms with Crippen LogP contribution in [0.3, 0.4) is 0 Å². The normalized spacial score (nSPS) is 11.0. The molecule has 1 amide bonds. The zero-order valence-electron chi connectivity index (χ0n) is 16.8. The fourth-order valence-corrected chi connectivity index (χ4v) is 2.93. The highest BCUT2D eigenvalue weighted by Gasteiger charge is 2.17. The van der Waals surface area contributed by atoms with E-state index in [0.29, 0.717) is 12.4 Å². The summed E-state index contributed by atoms with van der Waals surface area (Å²) in [5.41, 5.74) is -0.565. The maximum absolute atomic E-state index is 12.2. The van der Waals surface area contributed by atoms with Gasteiger partial charge in [0.25, 0.3) is 11.5 Å². The molecule has 3 rings (SSSR count). The number of H-pyrrole nitrogens is 1. The van der Waals surface area contributed by atoms with Crippen molar-refractivity contribution >= 4 is 23.0 Å². The number of carbonyl (C=O) groups excluding carboxylic acids is 2. The predicted octanol–water partition coefficient (Wildman–Crippen LogP) is 0.680. The van der Waals surface area contributed by atoms with Gasteiger partial charge in [-0.2, -0.15) is 0 Å². The lowest BCUT2D eigenvalue weighted by Crippen LogP contribution is -2.31. The summed E-state index contributed by atoms with van der Waals surface area (Å²) in [4.78, 5) is 54.7. The number of aromatic amines is 1. The summed E-state index contributed by atoms with van der Waals surface area (Å²) in [5, 5.41) is 2.55. The molecule has 3 heterocycles. The number of imidazole rings is 1. The molecule has 2 N–H and O–H groups in total. The van der Waals surface area contributed by atoms with E-state index in [1.165, 1.54) is 21.5 Å². The highest BCUT2D eigenvalue weighted by molar-refractivity contribution is 5.91. The van der Waals surface area contributed by atoms with E-state index in [0.717, 1.165) is 12.8 Å². The number of nitrogens with one attached hydrogen (secondary N) is 2. The fraction of sp³-hybridized carbons (Fsp3) is 0.421. The van der Waals surface area contributed by atoms with E-state index in [1.807, 2.05) is 6.92 Å². The Bertz CT molecular complexity index is 1150. The van der Waals surface area contributed by atoms with E-state index in [9.17, 15) is 19.2 Å². The van der Waals surface area contributed by atoms with Gasteiger partial charge in [0.15, 0.2) is 16.9 Å². The minimum Gasteiger partial charge on any atom is -0.459 e. The maximum atomic E-state index is 12.2. The SMILES string of the molecule is CCCCn1c(=O)[nH]c(=O)c2c1nc(COC(=O)CCNC(=O)c1ccco1)n2C. The first-order chi connectivity index (χ1) is 14.4. The van der Waals surface area contributed by atoms with Crippen molar-refractivity contribution < 1.29 is 18.7 Å². The van der Waals surface area contributed by atoms with Crippen LogP contribution in [-0.4, -0.2) is 37.5 Å². The summed E-state index contributed by atoms with van der Waals surface area (Å²) >= 11 is 0. The molecule has 11 heteroatoms. The second-order valence-corrected chi connectivity index (χ2v) is 6.67. The lowest BCUT2D eigenvalue weighted by Gasteiger charge is -2.06. The molecule has 0 saturated heterocycles. The quantitative estimate of drug-likeness (QED) is 0.488. The molecule has 0 unspecified atom stereocenters. The molecule has 0 fully saturated rings. The van der Waals surface area contributed by atoms with Gasteiger partial charge >= 0.3 is 11.7 Å². The Labute approximate surface area is 170 Å². The Hall–Kier alpha value is -3.63. The van der Waals surface area contributed by atoms with Crippen LogP contribution in [0, 0.1) is 0 Å². The molecule has 0 bridgehead atoms. The van der Waals surface area contributed by atoms with Gasteiger partial charge in [0.05, 0.1) is 12.7 Å². The Balaban J connectivity index is 1.64. The van der Waals surface area contributed by atoms with Crippen LogP contribution in [0.2, 0.25) is 0 Å². The van der Waals surface area contributed by atoms with E-state index >= 15 is 0 Å². The van der Waals surface area contributed by atoms with Crippen LogP contribution in [0.1, 0.15) is 42.6 Å². The van der Waals surface area contributed by atoms with Crippen molar-refractivity contribution in [2.75, 3.05) is 6.54 Å². The van der Waals surface area contributed by atoms with Crippen molar-refractivity contribution in [1.29, 1.82) is 0 Å². The fourth-order valence-electron chi connectivity index (χ4n) is 2.93. The Morgan fingerprint density at radius 2 is 2.13 bits per heavy atom. The van der Waals surface area contributed by atoms with Crippen molar-refractivity contribution in [2.24, 2.45) is 7.05 Å². The zero-order chi connectivity index (χ0) is 21.7. The van der Waals surface area contributed by atoms with Gasteiger partial charge < -0.3 is 19.0 Å². The number of hydrogen-bond donors (Lipinski definition) is 2. The van der Waals surface area contributed by atoms with Crippen molar-refractivity contribution in [3.8, 4) is 0 Å². The van der Waals surface area contributed by atoms with E-state index in [-0.39, 0.29) is 36.5 Å². The molecule has 0 aliphatic heterocycles. The molecule has 0 saturated carbocycles. The average molecular weight is 417 g/mol. The van der Waals surface area contributed by atoms with Gasteiger partial charge in [0.2, 0.25) is 0 Å². The van der Waals surface area contributed by atoms with Gasteiger partial charge in [-0.3, -0.25) is 23.9 Å². The number of amides is 1. The van der Waals surface area contributed by atoms with Crippen LogP contribution in [0.5, 0.6) is 0 Å². The van der Waals surface area contributed by atoms with Gasteiger partial charge in [0, 0.05) is 20.1 Å². The summed E-state index contributed by atoms with van der Waals surface area (Å²) in [5.74, 6) is -0.478. The molecule has 3 aromatic rings. The summed E-state index contributed by atoms with van der Waals surface area (Å²) in [6.45, 7) is 2.33. The van der Waals surface area contributed by atoms with Gasteiger partial charge in [-0.05, 0) is 18.6 Å². The number of furan rings is 1. The molecule has 0 spiro atoms. The molecule has 0 aliphatic rings. The summed E-state index contributed by atoms with van der Waals surface area (Å²) in [7, 11) is 1.62. The highest BCUT2D eigenvalue weighted by atomic mass is 16.5. The van der Waals surface area contributed by atoms with Crippen LogP contribution in [-0.2, 0) is 29.7 Å². The number of aryl methyl sites for hydroxylation is 2. The van der Waals surface area contributed by atoms with Crippen LogP contribution in [0.15, 0.2) is 32.4 Å². The van der Waals surface area contributed by atoms with Crippen molar-refractivity contribution in [3.05, 3.63) is 50.8 Å². The first kappa shape index (κ1) is 21.1. The first-order valence-corrected chi connectivity index (χ1v) is 9.58. The standard InChI is InChI=1S/C19H23N5O6/c1-3-4-9-24-16-15(18(27)22-19(24)28)23(2)13(21-16)11-30-14(25)7-8-20-17(26)12-6-5-10-29-12/h5-6,10H,3-4,7-9,11H2,1-2H3,(H,20,26)(H,22,27,28). The molecule has 30 heavy (non-hydrogen) atoms. The Kier molecular flexibility index (Phi) is 6.50. The molecule has 11 nitrogen and oxygen atoms in total. The Morgan fingerprint density at radius 1 is 1.33 bits per heavy atom. The average Bonchev–Trinajstić information content (AvgIpc) is 3.35. The van der Waals surface area contributed by atoms with Gasteiger partial charge in [-0.15, -0.1) is 0 Å². The topological polar surface area (TPSA) is 141 Å². The third-order valence-corrected chi connectivity index (χ3v) is 4.56. The second kappa shape index (κ2) is 9.25. The minimum atomic E-state index is -0.545. The van der Waals surface area contributed by atoms with E-state index in [4.69, 9.17) is 9.15 Å². The Morgan fingerprint density at radius 3 is 2.83 bits per heavy atom. The molecule has 0 radical (unpaired) electrons. The summed E-state index contributed by atoms with van der Waals surface area (Å²) in [6, 6.07) is 3.11. The van der Waals surface area contributed by atoms with Crippen LogP contribution in [0.25, 0.3) is 11.2 Å². The minimum absolute atomic E-state index is 0.0435. The smallest absolute Gasteiger partial charge is 0.330 e.